The van der Waals surface area contributed by atoms with E-state index in [1.807, 2.05) is 19.1 Å². The van der Waals surface area contributed by atoms with E-state index >= 15 is 0 Å². The van der Waals surface area contributed by atoms with Gasteiger partial charge in [0.2, 0.25) is 11.8 Å². The van der Waals surface area contributed by atoms with Crippen LogP contribution in [0.5, 0.6) is 0 Å². The fourth-order valence-corrected chi connectivity index (χ4v) is 3.15. The van der Waals surface area contributed by atoms with Crippen molar-refractivity contribution in [1.29, 1.82) is 0 Å². The summed E-state index contributed by atoms with van der Waals surface area (Å²) in [6.07, 6.45) is 6.07. The van der Waals surface area contributed by atoms with Crippen LogP contribution in [0, 0.1) is 6.92 Å². The van der Waals surface area contributed by atoms with Crippen molar-refractivity contribution in [1.82, 2.24) is 5.32 Å². The third kappa shape index (κ3) is 5.24. The van der Waals surface area contributed by atoms with Crippen molar-refractivity contribution >= 4 is 29.1 Å². The topological polar surface area (TPSA) is 49.4 Å². The van der Waals surface area contributed by atoms with E-state index in [1.54, 1.807) is 11.0 Å². The molecule has 1 aliphatic carbocycles. The van der Waals surface area contributed by atoms with Gasteiger partial charge < -0.3 is 10.2 Å². The molecule has 1 aliphatic rings. The number of amides is 2. The summed E-state index contributed by atoms with van der Waals surface area (Å²) in [5.74, 6) is -0.0725. The smallest absolute Gasteiger partial charge is 0.223 e. The zero-order valence-corrected chi connectivity index (χ0v) is 14.7. The van der Waals surface area contributed by atoms with Gasteiger partial charge >= 0.3 is 0 Å². The Morgan fingerprint density at radius 2 is 1.96 bits per heavy atom. The lowest BCUT2D eigenvalue weighted by Gasteiger charge is -2.24. The number of nitrogens with zero attached hydrogens (tertiary/aromatic N) is 1. The minimum absolute atomic E-state index is 0.0151. The van der Waals surface area contributed by atoms with Gasteiger partial charge in [0.1, 0.15) is 0 Å². The lowest BCUT2D eigenvalue weighted by Crippen LogP contribution is -2.39. The molecule has 0 atom stereocenters. The zero-order chi connectivity index (χ0) is 16.8. The quantitative estimate of drug-likeness (QED) is 0.888. The molecule has 1 N–H and O–H groups in total. The third-order valence-corrected chi connectivity index (χ3v) is 4.79. The fraction of sp³-hybridized carbons (Fsp3) is 0.556. The maximum absolute atomic E-state index is 12.1. The number of aryl methyl sites for hydroxylation is 1. The number of carbonyl (C=O) groups excluding carboxylic acids is 2. The normalized spacial score (nSPS) is 15.3. The summed E-state index contributed by atoms with van der Waals surface area (Å²) in [6, 6.07) is 5.82. The van der Waals surface area contributed by atoms with Crippen LogP contribution in [0.3, 0.4) is 0 Å². The summed E-state index contributed by atoms with van der Waals surface area (Å²) >= 11 is 6.14. The predicted molar refractivity (Wildman–Crippen MR) is 93.8 cm³/mol. The molecule has 0 unspecified atom stereocenters. The number of carbonyl (C=O) groups is 2. The Hall–Kier alpha value is -1.55. The maximum atomic E-state index is 12.1. The third-order valence-electron chi connectivity index (χ3n) is 4.38. The van der Waals surface area contributed by atoms with Gasteiger partial charge in [-0.05, 0) is 37.5 Å². The van der Waals surface area contributed by atoms with E-state index in [2.05, 4.69) is 5.32 Å². The van der Waals surface area contributed by atoms with E-state index in [0.717, 1.165) is 24.1 Å². The van der Waals surface area contributed by atoms with Gasteiger partial charge in [-0.15, -0.1) is 0 Å². The summed E-state index contributed by atoms with van der Waals surface area (Å²) in [5.41, 5.74) is 1.70. The van der Waals surface area contributed by atoms with Gasteiger partial charge in [-0.25, -0.2) is 0 Å². The first-order valence-corrected chi connectivity index (χ1v) is 8.69. The molecule has 0 heterocycles. The SMILES string of the molecule is CC(=O)N(CCC(=O)NC1CCCCC1)c1ccc(C)c(Cl)c1. The summed E-state index contributed by atoms with van der Waals surface area (Å²) in [7, 11) is 0. The second-order valence-corrected chi connectivity index (χ2v) is 6.66. The van der Waals surface area contributed by atoms with Crippen LogP contribution in [0.2, 0.25) is 5.02 Å². The lowest BCUT2D eigenvalue weighted by molar-refractivity contribution is -0.121. The summed E-state index contributed by atoms with van der Waals surface area (Å²) in [6.45, 7) is 3.79. The predicted octanol–water partition coefficient (Wildman–Crippen LogP) is 3.84. The Morgan fingerprint density at radius 3 is 2.57 bits per heavy atom. The minimum atomic E-state index is -0.0876. The van der Waals surface area contributed by atoms with Crippen LogP contribution in [0.25, 0.3) is 0 Å². The summed E-state index contributed by atoms with van der Waals surface area (Å²) < 4.78 is 0. The minimum Gasteiger partial charge on any atom is -0.353 e. The van der Waals surface area contributed by atoms with Crippen molar-refractivity contribution in [3.63, 3.8) is 0 Å². The Labute approximate surface area is 143 Å². The molecule has 4 nitrogen and oxygen atoms in total. The van der Waals surface area contributed by atoms with Crippen molar-refractivity contribution < 1.29 is 9.59 Å². The molecule has 126 valence electrons. The van der Waals surface area contributed by atoms with Gasteiger partial charge in [-0.2, -0.15) is 0 Å². The standard InChI is InChI=1S/C18H25ClN2O2/c1-13-8-9-16(12-17(13)19)21(14(2)22)11-10-18(23)20-15-6-4-3-5-7-15/h8-9,12,15H,3-7,10-11H2,1-2H3,(H,20,23). The first-order valence-electron chi connectivity index (χ1n) is 8.31. The van der Waals surface area contributed by atoms with E-state index in [-0.39, 0.29) is 11.8 Å². The molecule has 23 heavy (non-hydrogen) atoms. The molecule has 0 spiro atoms. The van der Waals surface area contributed by atoms with Crippen LogP contribution in [-0.4, -0.2) is 24.4 Å². The van der Waals surface area contributed by atoms with Crippen LogP contribution >= 0.6 is 11.6 Å². The first kappa shape index (κ1) is 17.8. The Morgan fingerprint density at radius 1 is 1.26 bits per heavy atom. The van der Waals surface area contributed by atoms with Crippen LogP contribution in [0.4, 0.5) is 5.69 Å². The Kier molecular flexibility index (Phi) is 6.46. The zero-order valence-electron chi connectivity index (χ0n) is 13.9. The molecule has 2 rings (SSSR count). The highest BCUT2D eigenvalue weighted by atomic mass is 35.5. The molecule has 1 fully saturated rings. The number of halogens is 1. The molecule has 0 radical (unpaired) electrons. The van der Waals surface area contributed by atoms with E-state index in [4.69, 9.17) is 11.6 Å². The molecule has 2 amide bonds. The first-order chi connectivity index (χ1) is 11.0. The molecule has 1 aromatic carbocycles. The lowest BCUT2D eigenvalue weighted by atomic mass is 9.95. The van der Waals surface area contributed by atoms with Gasteiger partial charge in [-0.3, -0.25) is 9.59 Å². The highest BCUT2D eigenvalue weighted by Crippen LogP contribution is 2.23. The molecule has 0 saturated heterocycles. The average Bonchev–Trinajstić information content (AvgIpc) is 2.51. The van der Waals surface area contributed by atoms with Crippen LogP contribution < -0.4 is 10.2 Å². The van der Waals surface area contributed by atoms with Crippen molar-refractivity contribution in [2.75, 3.05) is 11.4 Å². The van der Waals surface area contributed by atoms with E-state index in [1.165, 1.54) is 26.2 Å². The Bertz CT molecular complexity index is 568. The monoisotopic (exact) mass is 336 g/mol. The molecule has 0 aliphatic heterocycles. The van der Waals surface area contributed by atoms with Crippen molar-refractivity contribution in [3.8, 4) is 0 Å². The van der Waals surface area contributed by atoms with Crippen molar-refractivity contribution in [3.05, 3.63) is 28.8 Å². The van der Waals surface area contributed by atoms with Gasteiger partial charge in [-0.1, -0.05) is 36.9 Å². The largest absolute Gasteiger partial charge is 0.353 e. The average molecular weight is 337 g/mol. The van der Waals surface area contributed by atoms with E-state index < -0.39 is 0 Å². The molecular weight excluding hydrogens is 312 g/mol. The highest BCUT2D eigenvalue weighted by molar-refractivity contribution is 6.31. The Balaban J connectivity index is 1.92. The van der Waals surface area contributed by atoms with Gasteiger partial charge in [0, 0.05) is 36.6 Å². The van der Waals surface area contributed by atoms with Crippen LogP contribution in [0.15, 0.2) is 18.2 Å². The van der Waals surface area contributed by atoms with E-state index in [0.29, 0.717) is 24.0 Å². The number of rotatable bonds is 5. The van der Waals surface area contributed by atoms with Gasteiger partial charge in [0.15, 0.2) is 0 Å². The van der Waals surface area contributed by atoms with Gasteiger partial charge in [0.25, 0.3) is 0 Å². The number of benzene rings is 1. The number of nitrogens with one attached hydrogen (secondary N) is 1. The van der Waals surface area contributed by atoms with E-state index in [9.17, 15) is 9.59 Å². The fourth-order valence-electron chi connectivity index (χ4n) is 2.98. The van der Waals surface area contributed by atoms with Crippen molar-refractivity contribution in [2.45, 2.75) is 58.4 Å². The number of hydrogen-bond acceptors (Lipinski definition) is 2. The van der Waals surface area contributed by atoms with Gasteiger partial charge in [0.05, 0.1) is 0 Å². The summed E-state index contributed by atoms with van der Waals surface area (Å²) in [5, 5.41) is 3.71. The molecule has 0 bridgehead atoms. The molecule has 5 heteroatoms. The molecule has 1 saturated carbocycles. The maximum Gasteiger partial charge on any atom is 0.223 e. The highest BCUT2D eigenvalue weighted by Gasteiger charge is 2.18. The number of hydrogen-bond donors (Lipinski definition) is 1. The van der Waals surface area contributed by atoms with Crippen molar-refractivity contribution in [2.24, 2.45) is 0 Å². The molecule has 1 aromatic rings. The summed E-state index contributed by atoms with van der Waals surface area (Å²) in [4.78, 5) is 25.6. The number of anilines is 1. The molecule has 0 aromatic heterocycles. The second-order valence-electron chi connectivity index (χ2n) is 6.26. The second kappa shape index (κ2) is 8.34. The van der Waals surface area contributed by atoms with Crippen LogP contribution in [-0.2, 0) is 9.59 Å². The van der Waals surface area contributed by atoms with Crippen LogP contribution in [0.1, 0.15) is 51.0 Å². The molecular formula is C18H25ClN2O2.